The van der Waals surface area contributed by atoms with Crippen LogP contribution in [0.4, 0.5) is 13.2 Å². The summed E-state index contributed by atoms with van der Waals surface area (Å²) >= 11 is 0. The zero-order chi connectivity index (χ0) is 13.5. The van der Waals surface area contributed by atoms with E-state index >= 15 is 0 Å². The highest BCUT2D eigenvalue weighted by Gasteiger charge is 2.33. The number of aromatic nitrogens is 1. The maximum Gasteiger partial charge on any atom is 0.418 e. The molecule has 1 heterocycles. The van der Waals surface area contributed by atoms with Crippen molar-refractivity contribution in [2.75, 3.05) is 0 Å². The molecule has 2 N–H and O–H groups in total. The largest absolute Gasteiger partial charge is 1.00 e. The van der Waals surface area contributed by atoms with Crippen LogP contribution in [0.3, 0.4) is 0 Å². The van der Waals surface area contributed by atoms with Gasteiger partial charge in [0.2, 0.25) is 5.43 Å². The molecule has 0 bridgehead atoms. The first-order valence-electron chi connectivity index (χ1n) is 4.77. The number of carboxylic acid groups (broad SMARTS) is 1. The second kappa shape index (κ2) is 4.93. The number of alkyl halides is 3. The Morgan fingerprint density at radius 2 is 1.89 bits per heavy atom. The second-order valence-electron chi connectivity index (χ2n) is 3.56. The molecule has 4 nitrogen and oxygen atoms in total. The van der Waals surface area contributed by atoms with E-state index in [1.165, 1.54) is 0 Å². The topological polar surface area (TPSA) is 70.2 Å². The first-order valence-corrected chi connectivity index (χ1v) is 4.77. The van der Waals surface area contributed by atoms with Crippen molar-refractivity contribution in [2.24, 2.45) is 0 Å². The molecule has 0 saturated carbocycles. The number of carbonyl (C=O) groups is 1. The van der Waals surface area contributed by atoms with Crippen molar-refractivity contribution < 1.29 is 35.5 Å². The Morgan fingerprint density at radius 3 is 2.42 bits per heavy atom. The number of para-hydroxylation sites is 1. The monoisotopic (exact) mass is 292 g/mol. The van der Waals surface area contributed by atoms with Crippen molar-refractivity contribution in [2.45, 2.75) is 6.18 Å². The van der Waals surface area contributed by atoms with E-state index in [1.807, 2.05) is 0 Å². The Hall–Kier alpha value is -2.02. The Bertz CT molecular complexity index is 694. The predicted octanol–water partition coefficient (Wildman–Crippen LogP) is -0.751. The zero-order valence-electron chi connectivity index (χ0n) is 9.08. The number of halogens is 4. The van der Waals surface area contributed by atoms with Gasteiger partial charge in [-0.1, -0.05) is 6.07 Å². The van der Waals surface area contributed by atoms with Gasteiger partial charge in [-0.2, -0.15) is 13.2 Å². The first-order chi connectivity index (χ1) is 8.32. The lowest BCUT2D eigenvalue weighted by molar-refractivity contribution is -0.136. The zero-order valence-corrected chi connectivity index (χ0v) is 9.84. The number of fused-ring (bicyclic) bond motifs is 1. The SMILES string of the molecule is O=C(O)c1c[nH]c2c(C(F)(F)F)cccc2c1=O.[Cl-]. The molecule has 2 aromatic rings. The van der Waals surface area contributed by atoms with E-state index in [2.05, 4.69) is 4.98 Å². The summed E-state index contributed by atoms with van der Waals surface area (Å²) in [5.41, 5.74) is -2.96. The number of hydrogen-bond donors (Lipinski definition) is 2. The van der Waals surface area contributed by atoms with Crippen molar-refractivity contribution in [3.05, 3.63) is 45.7 Å². The van der Waals surface area contributed by atoms with Gasteiger partial charge in [-0.05, 0) is 12.1 Å². The average molecular weight is 293 g/mol. The number of rotatable bonds is 1. The molecule has 0 atom stereocenters. The Balaban J connectivity index is 0.00000180. The summed E-state index contributed by atoms with van der Waals surface area (Å²) in [4.78, 5) is 24.6. The molecule has 1 aromatic heterocycles. The van der Waals surface area contributed by atoms with Crippen molar-refractivity contribution in [1.82, 2.24) is 4.98 Å². The van der Waals surface area contributed by atoms with Gasteiger partial charge in [0.1, 0.15) is 5.56 Å². The van der Waals surface area contributed by atoms with Crippen LogP contribution in [0.25, 0.3) is 10.9 Å². The molecule has 0 amide bonds. The van der Waals surface area contributed by atoms with Crippen molar-refractivity contribution in [3.63, 3.8) is 0 Å². The van der Waals surface area contributed by atoms with Gasteiger partial charge in [-0.15, -0.1) is 0 Å². The number of pyridine rings is 1. The quantitative estimate of drug-likeness (QED) is 0.726. The van der Waals surface area contributed by atoms with E-state index in [-0.39, 0.29) is 17.8 Å². The lowest BCUT2D eigenvalue weighted by atomic mass is 10.1. The summed E-state index contributed by atoms with van der Waals surface area (Å²) in [5.74, 6) is -1.49. The Morgan fingerprint density at radius 1 is 1.26 bits per heavy atom. The molecule has 0 aliphatic heterocycles. The molecule has 8 heteroatoms. The van der Waals surface area contributed by atoms with Gasteiger partial charge < -0.3 is 22.5 Å². The van der Waals surface area contributed by atoms with Gasteiger partial charge >= 0.3 is 12.1 Å². The number of hydrogen-bond acceptors (Lipinski definition) is 2. The predicted molar refractivity (Wildman–Crippen MR) is 56.5 cm³/mol. The van der Waals surface area contributed by atoms with Crippen LogP contribution in [0.15, 0.2) is 29.2 Å². The molecule has 0 spiro atoms. The van der Waals surface area contributed by atoms with Crippen LogP contribution in [0.2, 0.25) is 0 Å². The number of benzene rings is 1. The fraction of sp³-hybridized carbons (Fsp3) is 0.0909. The molecule has 1 aromatic carbocycles. The van der Waals surface area contributed by atoms with E-state index in [4.69, 9.17) is 5.11 Å². The van der Waals surface area contributed by atoms with Gasteiger partial charge in [0, 0.05) is 11.6 Å². The van der Waals surface area contributed by atoms with E-state index in [0.29, 0.717) is 0 Å². The van der Waals surface area contributed by atoms with Crippen LogP contribution in [-0.4, -0.2) is 16.1 Å². The highest BCUT2D eigenvalue weighted by Crippen LogP contribution is 2.32. The number of carboxylic acids is 1. The fourth-order valence-electron chi connectivity index (χ4n) is 1.65. The molecule has 0 aliphatic rings. The molecule has 2 rings (SSSR count). The van der Waals surface area contributed by atoms with Crippen LogP contribution in [0.5, 0.6) is 0 Å². The Kier molecular flexibility index (Phi) is 3.90. The van der Waals surface area contributed by atoms with E-state index in [1.54, 1.807) is 0 Å². The van der Waals surface area contributed by atoms with Crippen LogP contribution >= 0.6 is 0 Å². The third-order valence-electron chi connectivity index (χ3n) is 2.45. The van der Waals surface area contributed by atoms with Crippen LogP contribution < -0.4 is 17.8 Å². The molecule has 0 saturated heterocycles. The summed E-state index contributed by atoms with van der Waals surface area (Å²) in [6.07, 6.45) is -3.85. The highest BCUT2D eigenvalue weighted by atomic mass is 35.5. The minimum Gasteiger partial charge on any atom is -1.00 e. The fourth-order valence-corrected chi connectivity index (χ4v) is 1.65. The molecule has 19 heavy (non-hydrogen) atoms. The summed E-state index contributed by atoms with van der Waals surface area (Å²) < 4.78 is 38.0. The van der Waals surface area contributed by atoms with Gasteiger partial charge in [0.25, 0.3) is 0 Å². The highest BCUT2D eigenvalue weighted by molar-refractivity contribution is 5.93. The van der Waals surface area contributed by atoms with Crippen LogP contribution in [0.1, 0.15) is 15.9 Å². The van der Waals surface area contributed by atoms with Gasteiger partial charge in [0.15, 0.2) is 0 Å². The van der Waals surface area contributed by atoms with E-state index in [0.717, 1.165) is 24.4 Å². The molecule has 0 radical (unpaired) electrons. The molecule has 0 unspecified atom stereocenters. The third kappa shape index (κ3) is 2.55. The average Bonchev–Trinajstić information content (AvgIpc) is 2.27. The van der Waals surface area contributed by atoms with Crippen molar-refractivity contribution in [1.29, 1.82) is 0 Å². The lowest BCUT2D eigenvalue weighted by Crippen LogP contribution is -3.00. The summed E-state index contributed by atoms with van der Waals surface area (Å²) in [6, 6.07) is 3.03. The van der Waals surface area contributed by atoms with Crippen LogP contribution in [-0.2, 0) is 6.18 Å². The van der Waals surface area contributed by atoms with Gasteiger partial charge in [0.05, 0.1) is 11.1 Å². The number of aromatic carboxylic acids is 1. The molecule has 0 fully saturated rings. The molecule has 102 valence electrons. The Labute approximate surface area is 110 Å². The van der Waals surface area contributed by atoms with Gasteiger partial charge in [-0.25, -0.2) is 4.79 Å². The summed E-state index contributed by atoms with van der Waals surface area (Å²) in [7, 11) is 0. The van der Waals surface area contributed by atoms with Crippen molar-refractivity contribution >= 4 is 16.9 Å². The molecule has 0 aliphatic carbocycles. The van der Waals surface area contributed by atoms with Crippen molar-refractivity contribution in [3.8, 4) is 0 Å². The van der Waals surface area contributed by atoms with Gasteiger partial charge in [-0.3, -0.25) is 4.79 Å². The standard InChI is InChI=1S/C11H6F3NO3.ClH/c12-11(13,14)7-3-1-2-5-8(7)15-4-6(9(5)16)10(17)18;/h1-4H,(H,15,16)(H,17,18);1H/p-1. The summed E-state index contributed by atoms with van der Waals surface area (Å²) in [5, 5.41) is 8.41. The third-order valence-corrected chi connectivity index (χ3v) is 2.45. The normalized spacial score (nSPS) is 11.1. The molecular weight excluding hydrogens is 287 g/mol. The van der Waals surface area contributed by atoms with Crippen LogP contribution in [0, 0.1) is 0 Å². The number of aromatic amines is 1. The van der Waals surface area contributed by atoms with E-state index in [9.17, 15) is 22.8 Å². The maximum absolute atomic E-state index is 12.7. The maximum atomic E-state index is 12.7. The minimum atomic E-state index is -4.62. The molecular formula is C11H6ClF3NO3-. The smallest absolute Gasteiger partial charge is 0.418 e. The number of H-pyrrole nitrogens is 1. The lowest BCUT2D eigenvalue weighted by Gasteiger charge is -2.09. The minimum absolute atomic E-state index is 0. The summed E-state index contributed by atoms with van der Waals surface area (Å²) in [6.45, 7) is 0. The van der Waals surface area contributed by atoms with E-state index < -0.39 is 34.2 Å². The number of nitrogens with one attached hydrogen (secondary N) is 1. The first kappa shape index (κ1) is 15.0. The second-order valence-corrected chi connectivity index (χ2v) is 3.56.